The van der Waals surface area contributed by atoms with Crippen molar-refractivity contribution in [2.75, 3.05) is 0 Å². The van der Waals surface area contributed by atoms with Gasteiger partial charge in [-0.15, -0.1) is 0 Å². The quantitative estimate of drug-likeness (QED) is 0.534. The van der Waals surface area contributed by atoms with E-state index in [2.05, 4.69) is 0 Å². The molecule has 0 radical (unpaired) electrons. The lowest BCUT2D eigenvalue weighted by atomic mass is 11.3. The van der Waals surface area contributed by atoms with Gasteiger partial charge >= 0.3 is 0 Å². The first-order chi connectivity index (χ1) is 2.77. The van der Waals surface area contributed by atoms with Gasteiger partial charge in [0, 0.05) is 5.54 Å². The molecule has 2 nitrogen and oxygen atoms in total. The molecule has 0 aromatic heterocycles. The zero-order chi connectivity index (χ0) is 4.99. The van der Waals surface area contributed by atoms with Gasteiger partial charge < -0.3 is 4.57 Å². The molecule has 4 heteroatoms. The van der Waals surface area contributed by atoms with Crippen molar-refractivity contribution in [3.63, 3.8) is 0 Å². The largest absolute Gasteiger partial charge is 0.306 e. The molecule has 6 heavy (non-hydrogen) atoms. The summed E-state index contributed by atoms with van der Waals surface area (Å²) >= 11 is 4.96. The third kappa shape index (κ3) is 4.22. The summed E-state index contributed by atoms with van der Waals surface area (Å²) in [6, 6.07) is 0. The molecule has 0 saturated carbocycles. The van der Waals surface area contributed by atoms with Gasteiger partial charge in [0.1, 0.15) is 0 Å². The van der Waals surface area contributed by atoms with E-state index in [1.54, 1.807) is 0 Å². The van der Waals surface area contributed by atoms with Gasteiger partial charge in [-0.25, -0.2) is 0 Å². The van der Waals surface area contributed by atoms with Crippen molar-refractivity contribution in [2.45, 2.75) is 0 Å². The first-order valence-corrected chi connectivity index (χ1v) is 3.33. The first-order valence-electron chi connectivity index (χ1n) is 1.33. The number of hydrogen-bond donors (Lipinski definition) is 1. The fourth-order valence-corrected chi connectivity index (χ4v) is 0.559. The molecule has 0 aromatic rings. The van der Waals surface area contributed by atoms with Gasteiger partial charge in [0.05, 0.1) is 0 Å². The lowest BCUT2D eigenvalue weighted by Gasteiger charge is -1.70. The molecular formula is C2H5ClNOP. The molecule has 0 aliphatic carbocycles. The van der Waals surface area contributed by atoms with E-state index < -0.39 is 7.95 Å². The van der Waals surface area contributed by atoms with Crippen molar-refractivity contribution in [1.29, 1.82) is 0 Å². The van der Waals surface area contributed by atoms with Gasteiger partial charge in [-0.05, 0) is 5.82 Å². The fraction of sp³-hybridized carbons (Fsp3) is 0. The van der Waals surface area contributed by atoms with Gasteiger partial charge in [0.25, 0.3) is 0 Å². The van der Waals surface area contributed by atoms with E-state index in [1.807, 2.05) is 0 Å². The Kier molecular flexibility index (Phi) is 3.54. The standard InChI is InChI=1S/C2H5ClNOP/c3-1-2-6(4)5/h1-2,6H,(H2,4,5). The monoisotopic (exact) mass is 125 g/mol. The highest BCUT2D eigenvalue weighted by Gasteiger charge is 1.70. The third-order valence-electron chi connectivity index (χ3n) is 0.227. The summed E-state index contributed by atoms with van der Waals surface area (Å²) in [5, 5.41) is 0. The maximum absolute atomic E-state index is 9.84. The van der Waals surface area contributed by atoms with E-state index in [1.165, 1.54) is 5.82 Å². The highest BCUT2D eigenvalue weighted by molar-refractivity contribution is 7.45. The van der Waals surface area contributed by atoms with Crippen LogP contribution in [0.2, 0.25) is 0 Å². The normalized spacial score (nSPS) is 15.7. The molecule has 0 aliphatic rings. The highest BCUT2D eigenvalue weighted by Crippen LogP contribution is 2.08. The summed E-state index contributed by atoms with van der Waals surface area (Å²) in [7, 11) is -1.95. The molecule has 0 saturated heterocycles. The zero-order valence-electron chi connectivity index (χ0n) is 3.02. The number of halogens is 1. The molecule has 0 heterocycles. The minimum atomic E-state index is -1.95. The van der Waals surface area contributed by atoms with Crippen LogP contribution < -0.4 is 5.50 Å². The predicted octanol–water partition coefficient (Wildman–Crippen LogP) is 1.13. The molecule has 0 fully saturated rings. The molecule has 0 bridgehead atoms. The van der Waals surface area contributed by atoms with Crippen LogP contribution in [-0.2, 0) is 4.57 Å². The molecule has 0 spiro atoms. The van der Waals surface area contributed by atoms with Crippen LogP contribution in [0.4, 0.5) is 0 Å². The fourth-order valence-electron chi connectivity index (χ4n) is 0.0621. The zero-order valence-corrected chi connectivity index (χ0v) is 4.77. The smallest absolute Gasteiger partial charge is 0.155 e. The SMILES string of the molecule is N[PH](=O)C=CCl. The Balaban J connectivity index is 3.30. The number of rotatable bonds is 1. The lowest BCUT2D eigenvalue weighted by molar-refractivity contribution is 0.593. The summed E-state index contributed by atoms with van der Waals surface area (Å²) in [5.41, 5.74) is 5.93. The van der Waals surface area contributed by atoms with Crippen molar-refractivity contribution < 1.29 is 4.57 Å². The van der Waals surface area contributed by atoms with Gasteiger partial charge in [-0.1, -0.05) is 11.6 Å². The Morgan fingerprint density at radius 2 is 2.33 bits per heavy atom. The van der Waals surface area contributed by atoms with Crippen molar-refractivity contribution in [1.82, 2.24) is 0 Å². The Morgan fingerprint density at radius 3 is 2.33 bits per heavy atom. The molecule has 1 atom stereocenters. The van der Waals surface area contributed by atoms with Crippen molar-refractivity contribution in [3.8, 4) is 0 Å². The van der Waals surface area contributed by atoms with Crippen LogP contribution in [0.3, 0.4) is 0 Å². The first kappa shape index (κ1) is 6.22. The predicted molar refractivity (Wildman–Crippen MR) is 28.2 cm³/mol. The highest BCUT2D eigenvalue weighted by atomic mass is 35.5. The van der Waals surface area contributed by atoms with E-state index in [9.17, 15) is 4.57 Å². The Morgan fingerprint density at radius 1 is 1.83 bits per heavy atom. The van der Waals surface area contributed by atoms with E-state index in [4.69, 9.17) is 17.1 Å². The second-order valence-corrected chi connectivity index (χ2v) is 2.09. The molecule has 0 rings (SSSR count). The van der Waals surface area contributed by atoms with Crippen molar-refractivity contribution in [2.24, 2.45) is 5.50 Å². The Labute approximate surface area is 41.8 Å². The molecule has 2 N–H and O–H groups in total. The maximum atomic E-state index is 9.84. The van der Waals surface area contributed by atoms with E-state index in [-0.39, 0.29) is 0 Å². The van der Waals surface area contributed by atoms with E-state index in [0.29, 0.717) is 0 Å². The van der Waals surface area contributed by atoms with Gasteiger partial charge in [-0.3, -0.25) is 5.50 Å². The van der Waals surface area contributed by atoms with Gasteiger partial charge in [0.15, 0.2) is 7.95 Å². The van der Waals surface area contributed by atoms with Crippen molar-refractivity contribution in [3.05, 3.63) is 11.4 Å². The molecule has 0 aromatic carbocycles. The van der Waals surface area contributed by atoms with Crippen LogP contribution in [0.1, 0.15) is 0 Å². The van der Waals surface area contributed by atoms with Crippen LogP contribution in [0.25, 0.3) is 0 Å². The van der Waals surface area contributed by atoms with E-state index >= 15 is 0 Å². The maximum Gasteiger partial charge on any atom is 0.155 e. The summed E-state index contributed by atoms with van der Waals surface area (Å²) in [6.07, 6.45) is 0. The molecular weight excluding hydrogens is 120 g/mol. The van der Waals surface area contributed by atoms with Crippen molar-refractivity contribution >= 4 is 19.6 Å². The minimum absolute atomic E-state index is 1.15. The van der Waals surface area contributed by atoms with Crippen LogP contribution in [0.15, 0.2) is 11.4 Å². The summed E-state index contributed by atoms with van der Waals surface area (Å²) in [5.74, 6) is 1.26. The second-order valence-electron chi connectivity index (χ2n) is 0.695. The Bertz CT molecular complexity index is 81.6. The number of hydrogen-bond acceptors (Lipinski definition) is 1. The lowest BCUT2D eigenvalue weighted by Crippen LogP contribution is -1.67. The summed E-state index contributed by atoms with van der Waals surface area (Å²) in [6.45, 7) is 0. The van der Waals surface area contributed by atoms with Gasteiger partial charge in [0.2, 0.25) is 0 Å². The van der Waals surface area contributed by atoms with Crippen LogP contribution >= 0.6 is 19.6 Å². The van der Waals surface area contributed by atoms with Crippen LogP contribution in [-0.4, -0.2) is 0 Å². The molecule has 1 unspecified atom stereocenters. The average Bonchev–Trinajstić information content (AvgIpc) is 1.35. The van der Waals surface area contributed by atoms with Crippen LogP contribution in [0.5, 0.6) is 0 Å². The summed E-state index contributed by atoms with van der Waals surface area (Å²) in [4.78, 5) is 0. The third-order valence-corrected chi connectivity index (χ3v) is 1.06. The second kappa shape index (κ2) is 3.41. The minimum Gasteiger partial charge on any atom is -0.306 e. The van der Waals surface area contributed by atoms with E-state index in [0.717, 1.165) is 5.54 Å². The molecule has 36 valence electrons. The molecule has 0 aliphatic heterocycles. The average molecular weight is 125 g/mol. The molecule has 0 amide bonds. The van der Waals surface area contributed by atoms with Crippen LogP contribution in [0, 0.1) is 0 Å². The summed E-state index contributed by atoms with van der Waals surface area (Å²) < 4.78 is 9.84. The Hall–Kier alpha value is 0.220. The topological polar surface area (TPSA) is 43.1 Å². The van der Waals surface area contributed by atoms with Gasteiger partial charge in [-0.2, -0.15) is 0 Å². The number of nitrogens with two attached hydrogens (primary N) is 1.